The topological polar surface area (TPSA) is 108 Å². The monoisotopic (exact) mass is 517 g/mol. The highest BCUT2D eigenvalue weighted by Crippen LogP contribution is 2.30. The quantitative estimate of drug-likeness (QED) is 0.333. The number of halogens is 3. The van der Waals surface area contributed by atoms with Gasteiger partial charge in [-0.2, -0.15) is 13.2 Å². The number of aromatic amines is 2. The average molecular weight is 518 g/mol. The van der Waals surface area contributed by atoms with Crippen molar-refractivity contribution in [2.45, 2.75) is 37.8 Å². The predicted octanol–water partition coefficient (Wildman–Crippen LogP) is 4.94. The molecular weight excluding hydrogens is 491 g/mol. The molecule has 0 atom stereocenters. The van der Waals surface area contributed by atoms with E-state index in [1.165, 1.54) is 12.1 Å². The smallest absolute Gasteiger partial charge is 0.399 e. The number of nitrogens with two attached hydrogens (primary N) is 1. The number of nitrogens with one attached hydrogen (secondary N) is 2. The summed E-state index contributed by atoms with van der Waals surface area (Å²) in [6, 6.07) is 10.3. The Morgan fingerprint density at radius 1 is 1.08 bits per heavy atom. The van der Waals surface area contributed by atoms with E-state index in [1.54, 1.807) is 29.5 Å². The first-order valence-corrected chi connectivity index (χ1v) is 12.4. The van der Waals surface area contributed by atoms with Crippen LogP contribution in [0.5, 0.6) is 0 Å². The summed E-state index contributed by atoms with van der Waals surface area (Å²) in [4.78, 5) is 34.5. The van der Waals surface area contributed by atoms with Crippen molar-refractivity contribution in [3.63, 3.8) is 0 Å². The molecule has 1 saturated heterocycles. The number of imidazole rings is 1. The van der Waals surface area contributed by atoms with Gasteiger partial charge in [0.15, 0.2) is 0 Å². The van der Waals surface area contributed by atoms with Crippen LogP contribution in [0, 0.1) is 0 Å². The van der Waals surface area contributed by atoms with Crippen LogP contribution < -0.4 is 11.4 Å². The molecule has 0 unspecified atom stereocenters. The first-order chi connectivity index (χ1) is 17.2. The number of hydrogen-bond acceptors (Lipinski definition) is 5. The Labute approximate surface area is 209 Å². The molecule has 4 N–H and O–H groups in total. The van der Waals surface area contributed by atoms with Gasteiger partial charge in [0, 0.05) is 42.7 Å². The minimum Gasteiger partial charge on any atom is -0.399 e. The largest absolute Gasteiger partial charge is 0.416 e. The minimum absolute atomic E-state index is 0.0671. The lowest BCUT2D eigenvalue weighted by molar-refractivity contribution is -0.137. The number of nitrogen functional groups attached to an aromatic ring is 1. The average Bonchev–Trinajstić information content (AvgIpc) is 3.52. The van der Waals surface area contributed by atoms with E-state index in [0.717, 1.165) is 59.7 Å². The molecule has 7 nitrogen and oxygen atoms in total. The van der Waals surface area contributed by atoms with Gasteiger partial charge < -0.3 is 20.6 Å². The summed E-state index contributed by atoms with van der Waals surface area (Å²) < 4.78 is 37.6. The third-order valence-corrected chi connectivity index (χ3v) is 7.04. The minimum atomic E-state index is -4.32. The first kappa shape index (κ1) is 25.5. The summed E-state index contributed by atoms with van der Waals surface area (Å²) in [6.07, 6.45) is 0.105. The highest BCUT2D eigenvalue weighted by Gasteiger charge is 2.30. The Morgan fingerprint density at radius 2 is 1.78 bits per heavy atom. The summed E-state index contributed by atoms with van der Waals surface area (Å²) in [7, 11) is 0. The van der Waals surface area contributed by atoms with Gasteiger partial charge in [0.1, 0.15) is 0 Å². The van der Waals surface area contributed by atoms with Gasteiger partial charge in [-0.05, 0) is 55.2 Å². The normalized spacial score (nSPS) is 14.5. The van der Waals surface area contributed by atoms with Crippen molar-refractivity contribution in [2.24, 2.45) is 0 Å². The summed E-state index contributed by atoms with van der Waals surface area (Å²) in [5, 5.41) is 3.11. The van der Waals surface area contributed by atoms with Crippen molar-refractivity contribution in [3.05, 3.63) is 80.7 Å². The molecule has 1 aliphatic rings. The Kier molecular flexibility index (Phi) is 7.78. The number of thiazole rings is 1. The zero-order valence-electron chi connectivity index (χ0n) is 19.3. The summed E-state index contributed by atoms with van der Waals surface area (Å²) >= 11 is 1.65. The number of carbonyl (C=O) groups excluding carboxylic acids is 1. The second-order valence-electron chi connectivity index (χ2n) is 8.60. The summed E-state index contributed by atoms with van der Waals surface area (Å²) in [5.74, 6) is 0.497. The predicted molar refractivity (Wildman–Crippen MR) is 134 cm³/mol. The fourth-order valence-electron chi connectivity index (χ4n) is 4.13. The molecule has 11 heteroatoms. The molecule has 3 heterocycles. The number of likely N-dealkylation sites (tertiary alicyclic amines) is 1. The van der Waals surface area contributed by atoms with Crippen LogP contribution in [0.4, 0.5) is 18.9 Å². The van der Waals surface area contributed by atoms with Crippen molar-refractivity contribution in [1.82, 2.24) is 19.9 Å². The Hall–Kier alpha value is -3.60. The fraction of sp³-hybridized carbons (Fsp3) is 0.320. The number of amides is 1. The number of aryl methyl sites for hydroxylation is 1. The molecule has 0 saturated carbocycles. The molecule has 0 aliphatic carbocycles. The zero-order chi connectivity index (χ0) is 25.7. The number of hydrogen-bond donors (Lipinski definition) is 3. The van der Waals surface area contributed by atoms with E-state index in [4.69, 9.17) is 5.73 Å². The number of alkyl halides is 3. The zero-order valence-corrected chi connectivity index (χ0v) is 20.2. The van der Waals surface area contributed by atoms with E-state index in [1.807, 2.05) is 16.5 Å². The number of nitrogens with zero attached hydrogens (tertiary/aromatic N) is 2. The van der Waals surface area contributed by atoms with Crippen LogP contribution in [0.2, 0.25) is 0 Å². The highest BCUT2D eigenvalue weighted by molar-refractivity contribution is 7.09. The van der Waals surface area contributed by atoms with Gasteiger partial charge in [-0.1, -0.05) is 12.1 Å². The van der Waals surface area contributed by atoms with Crippen LogP contribution in [-0.4, -0.2) is 38.8 Å². The summed E-state index contributed by atoms with van der Waals surface area (Å²) in [6.45, 7) is 1.44. The number of anilines is 1. The highest BCUT2D eigenvalue weighted by atomic mass is 32.1. The molecule has 5 rings (SSSR count). The van der Waals surface area contributed by atoms with Crippen LogP contribution in [0.25, 0.3) is 11.0 Å². The van der Waals surface area contributed by atoms with E-state index in [2.05, 4.69) is 15.0 Å². The molecule has 1 amide bonds. The van der Waals surface area contributed by atoms with Crippen LogP contribution in [-0.2, 0) is 17.4 Å². The van der Waals surface area contributed by atoms with E-state index < -0.39 is 11.7 Å². The molecule has 4 aromatic rings. The van der Waals surface area contributed by atoms with Crippen LogP contribution in [0.1, 0.15) is 41.3 Å². The van der Waals surface area contributed by atoms with Gasteiger partial charge in [0.05, 0.1) is 21.6 Å². The third-order valence-electron chi connectivity index (χ3n) is 6.10. The fourth-order valence-corrected chi connectivity index (χ4v) is 4.94. The van der Waals surface area contributed by atoms with Crippen molar-refractivity contribution >= 4 is 34.0 Å². The second kappa shape index (κ2) is 11.0. The molecule has 0 bridgehead atoms. The van der Waals surface area contributed by atoms with Crippen molar-refractivity contribution in [2.75, 3.05) is 18.8 Å². The molecule has 0 spiro atoms. The first-order valence-electron chi connectivity index (χ1n) is 11.5. The Bertz CT molecular complexity index is 1340. The van der Waals surface area contributed by atoms with Crippen LogP contribution in [0.15, 0.2) is 58.8 Å². The van der Waals surface area contributed by atoms with Crippen LogP contribution >= 0.6 is 11.3 Å². The SMILES string of the molecule is Nc1ccc2[nH]c(=O)[nH]c2c1.O=C(CCc1ccc(C(F)(F)F)cc1)N1CCC(c2nccs2)CC1. The molecule has 36 heavy (non-hydrogen) atoms. The van der Waals surface area contributed by atoms with Gasteiger partial charge in [-0.3, -0.25) is 4.79 Å². The maximum atomic E-state index is 12.5. The lowest BCUT2D eigenvalue weighted by Crippen LogP contribution is -2.38. The number of fused-ring (bicyclic) bond motifs is 1. The molecular formula is C25H26F3N5O2S. The molecule has 1 fully saturated rings. The lowest BCUT2D eigenvalue weighted by atomic mass is 9.97. The number of piperidine rings is 1. The Balaban J connectivity index is 0.000000229. The molecule has 1 aliphatic heterocycles. The number of aromatic nitrogens is 3. The maximum Gasteiger partial charge on any atom is 0.416 e. The molecule has 190 valence electrons. The Morgan fingerprint density at radius 3 is 2.42 bits per heavy atom. The van der Waals surface area contributed by atoms with E-state index in [-0.39, 0.29) is 11.6 Å². The number of benzene rings is 2. The molecule has 2 aromatic heterocycles. The molecule has 0 radical (unpaired) electrons. The standard InChI is InChI=1S/C18H19F3N2OS.C7H7N3O/c19-18(20,21)15-4-1-13(2-5-15)3-6-16(24)23-10-7-14(8-11-23)17-22-9-12-25-17;8-4-1-2-5-6(3-4)10-7(11)9-5/h1-2,4-5,9,12,14H,3,6-8,10-11H2;1-3H,8H2,(H2,9,10,11). The number of rotatable bonds is 4. The lowest BCUT2D eigenvalue weighted by Gasteiger charge is -2.31. The van der Waals surface area contributed by atoms with E-state index >= 15 is 0 Å². The van der Waals surface area contributed by atoms with Gasteiger partial charge in [0.2, 0.25) is 5.91 Å². The van der Waals surface area contributed by atoms with Gasteiger partial charge in [-0.15, -0.1) is 11.3 Å². The number of carbonyl (C=O) groups is 1. The maximum absolute atomic E-state index is 12.5. The van der Waals surface area contributed by atoms with Gasteiger partial charge in [-0.25, -0.2) is 9.78 Å². The van der Waals surface area contributed by atoms with Gasteiger partial charge >= 0.3 is 11.9 Å². The van der Waals surface area contributed by atoms with E-state index in [0.29, 0.717) is 24.4 Å². The van der Waals surface area contributed by atoms with Crippen LogP contribution in [0.3, 0.4) is 0 Å². The second-order valence-corrected chi connectivity index (χ2v) is 9.53. The number of H-pyrrole nitrogens is 2. The van der Waals surface area contributed by atoms with Crippen molar-refractivity contribution in [3.8, 4) is 0 Å². The van der Waals surface area contributed by atoms with Crippen molar-refractivity contribution < 1.29 is 18.0 Å². The molecule has 2 aromatic carbocycles. The van der Waals surface area contributed by atoms with E-state index in [9.17, 15) is 22.8 Å². The third kappa shape index (κ3) is 6.54. The summed E-state index contributed by atoms with van der Waals surface area (Å²) in [5.41, 5.74) is 7.56. The van der Waals surface area contributed by atoms with Gasteiger partial charge in [0.25, 0.3) is 0 Å². The van der Waals surface area contributed by atoms with Crippen molar-refractivity contribution in [1.29, 1.82) is 0 Å².